The number of sulfonamides is 1. The molecule has 0 radical (unpaired) electrons. The van der Waals surface area contributed by atoms with Crippen LogP contribution in [-0.4, -0.2) is 49.9 Å². The zero-order valence-electron chi connectivity index (χ0n) is 20.2. The predicted octanol–water partition coefficient (Wildman–Crippen LogP) is 3.94. The fourth-order valence-corrected chi connectivity index (χ4v) is 5.31. The number of amides is 1. The van der Waals surface area contributed by atoms with Crippen LogP contribution < -0.4 is 14.8 Å². The summed E-state index contributed by atoms with van der Waals surface area (Å²) in [6.07, 6.45) is 5.65. The predicted molar refractivity (Wildman–Crippen MR) is 130 cm³/mol. The van der Waals surface area contributed by atoms with Crippen molar-refractivity contribution >= 4 is 15.9 Å². The van der Waals surface area contributed by atoms with E-state index in [1.54, 1.807) is 18.3 Å². The van der Waals surface area contributed by atoms with E-state index in [0.29, 0.717) is 50.6 Å². The molecule has 8 nitrogen and oxygen atoms in total. The molecule has 1 N–H and O–H groups in total. The number of piperidine rings is 1. The quantitative estimate of drug-likeness (QED) is 0.514. The van der Waals surface area contributed by atoms with Gasteiger partial charge in [-0.25, -0.2) is 8.42 Å². The molecular formula is C25H35N3O5S. The van der Waals surface area contributed by atoms with Gasteiger partial charge in [0.2, 0.25) is 15.9 Å². The van der Waals surface area contributed by atoms with Crippen LogP contribution in [0.4, 0.5) is 0 Å². The molecule has 9 heteroatoms. The van der Waals surface area contributed by atoms with E-state index in [-0.39, 0.29) is 22.8 Å². The standard InChI is InChI=1S/C25H35N3O5S/c1-4-15-32-23-9-8-21(17-24(23)33-16-5-2)19(3)27-25(29)20-10-13-28(14-11-20)34(30,31)22-7-6-12-26-18-22/h6-9,12,17-20H,4-5,10-11,13-16H2,1-3H3,(H,27,29). The first-order chi connectivity index (χ1) is 16.4. The molecule has 2 aromatic rings. The van der Waals surface area contributed by atoms with Crippen molar-refractivity contribution in [2.45, 2.75) is 57.4 Å². The molecule has 1 atom stereocenters. The van der Waals surface area contributed by atoms with Crippen molar-refractivity contribution in [3.8, 4) is 11.5 Å². The first-order valence-corrected chi connectivity index (χ1v) is 13.4. The highest BCUT2D eigenvalue weighted by atomic mass is 32.2. The number of carbonyl (C=O) groups is 1. The summed E-state index contributed by atoms with van der Waals surface area (Å²) in [5.41, 5.74) is 0.930. The normalized spacial score (nSPS) is 16.1. The largest absolute Gasteiger partial charge is 0.490 e. The van der Waals surface area contributed by atoms with Crippen molar-refractivity contribution in [2.75, 3.05) is 26.3 Å². The summed E-state index contributed by atoms with van der Waals surface area (Å²) in [6.45, 7) is 7.86. The van der Waals surface area contributed by atoms with Gasteiger partial charge in [-0.05, 0) is 62.4 Å². The molecule has 1 saturated heterocycles. The van der Waals surface area contributed by atoms with Gasteiger partial charge in [-0.1, -0.05) is 19.9 Å². The summed E-state index contributed by atoms with van der Waals surface area (Å²) < 4.78 is 38.7. The van der Waals surface area contributed by atoms with Crippen LogP contribution in [-0.2, 0) is 14.8 Å². The minimum Gasteiger partial charge on any atom is -0.490 e. The summed E-state index contributed by atoms with van der Waals surface area (Å²) in [5, 5.41) is 3.08. The van der Waals surface area contributed by atoms with Crippen molar-refractivity contribution in [3.63, 3.8) is 0 Å². The summed E-state index contributed by atoms with van der Waals surface area (Å²) in [5.74, 6) is 1.10. The molecule has 1 aromatic heterocycles. The molecular weight excluding hydrogens is 454 g/mol. The summed E-state index contributed by atoms with van der Waals surface area (Å²) in [4.78, 5) is 17.0. The molecule has 1 amide bonds. The molecule has 1 aliphatic heterocycles. The smallest absolute Gasteiger partial charge is 0.244 e. The molecule has 0 bridgehead atoms. The third kappa shape index (κ3) is 6.48. The summed E-state index contributed by atoms with van der Waals surface area (Å²) in [6, 6.07) is 8.69. The SMILES string of the molecule is CCCOc1ccc(C(C)NC(=O)C2CCN(S(=O)(=O)c3cccnc3)CC2)cc1OCCC. The van der Waals surface area contributed by atoms with Gasteiger partial charge in [-0.15, -0.1) is 0 Å². The molecule has 0 spiro atoms. The van der Waals surface area contributed by atoms with E-state index >= 15 is 0 Å². The topological polar surface area (TPSA) is 97.8 Å². The molecule has 186 valence electrons. The second-order valence-corrected chi connectivity index (χ2v) is 10.4. The van der Waals surface area contributed by atoms with E-state index in [9.17, 15) is 13.2 Å². The fourth-order valence-electron chi connectivity index (χ4n) is 3.87. The van der Waals surface area contributed by atoms with Crippen LogP contribution in [0.3, 0.4) is 0 Å². The lowest BCUT2D eigenvalue weighted by Crippen LogP contribution is -2.43. The monoisotopic (exact) mass is 489 g/mol. The van der Waals surface area contributed by atoms with Gasteiger partial charge in [-0.3, -0.25) is 9.78 Å². The van der Waals surface area contributed by atoms with Crippen LogP contribution in [0.15, 0.2) is 47.6 Å². The molecule has 1 aliphatic rings. The van der Waals surface area contributed by atoms with Gasteiger partial charge in [0.1, 0.15) is 4.90 Å². The Bertz CT molecular complexity index is 1040. The van der Waals surface area contributed by atoms with Gasteiger partial charge in [0, 0.05) is 31.4 Å². The minimum absolute atomic E-state index is 0.0618. The third-order valence-corrected chi connectivity index (χ3v) is 7.73. The van der Waals surface area contributed by atoms with Crippen LogP contribution in [0, 0.1) is 5.92 Å². The molecule has 1 fully saturated rings. The number of nitrogens with one attached hydrogen (secondary N) is 1. The van der Waals surface area contributed by atoms with Crippen molar-refractivity contribution in [1.82, 2.24) is 14.6 Å². The van der Waals surface area contributed by atoms with E-state index in [1.807, 2.05) is 32.0 Å². The van der Waals surface area contributed by atoms with Crippen molar-refractivity contribution in [2.24, 2.45) is 5.92 Å². The zero-order chi connectivity index (χ0) is 24.6. The highest BCUT2D eigenvalue weighted by molar-refractivity contribution is 7.89. The minimum atomic E-state index is -3.59. The Kier molecular flexibility index (Phi) is 9.29. The van der Waals surface area contributed by atoms with E-state index in [0.717, 1.165) is 18.4 Å². The maximum Gasteiger partial charge on any atom is 0.244 e. The highest BCUT2D eigenvalue weighted by Crippen LogP contribution is 2.31. The molecule has 3 rings (SSSR count). The van der Waals surface area contributed by atoms with Crippen molar-refractivity contribution in [1.29, 1.82) is 0 Å². The number of carbonyl (C=O) groups excluding carboxylic acids is 1. The van der Waals surface area contributed by atoms with E-state index in [4.69, 9.17) is 9.47 Å². The van der Waals surface area contributed by atoms with E-state index < -0.39 is 10.0 Å². The second-order valence-electron chi connectivity index (χ2n) is 8.50. The number of nitrogens with zero attached hydrogens (tertiary/aromatic N) is 2. The number of rotatable bonds is 11. The van der Waals surface area contributed by atoms with Crippen LogP contribution >= 0.6 is 0 Å². The highest BCUT2D eigenvalue weighted by Gasteiger charge is 2.32. The Hall–Kier alpha value is -2.65. The zero-order valence-corrected chi connectivity index (χ0v) is 21.0. The van der Waals surface area contributed by atoms with E-state index in [1.165, 1.54) is 10.5 Å². The Morgan fingerprint density at radius 2 is 1.79 bits per heavy atom. The number of hydrogen-bond donors (Lipinski definition) is 1. The maximum absolute atomic E-state index is 12.9. The number of pyridine rings is 1. The van der Waals surface area contributed by atoms with Gasteiger partial charge < -0.3 is 14.8 Å². The maximum atomic E-state index is 12.9. The molecule has 0 saturated carbocycles. The van der Waals surface area contributed by atoms with Crippen LogP contribution in [0.2, 0.25) is 0 Å². The second kappa shape index (κ2) is 12.2. The molecule has 34 heavy (non-hydrogen) atoms. The molecule has 1 aromatic carbocycles. The summed E-state index contributed by atoms with van der Waals surface area (Å²) in [7, 11) is -3.59. The van der Waals surface area contributed by atoms with Gasteiger partial charge in [0.15, 0.2) is 11.5 Å². The van der Waals surface area contributed by atoms with Crippen LogP contribution in [0.25, 0.3) is 0 Å². The molecule has 2 heterocycles. The average molecular weight is 490 g/mol. The van der Waals surface area contributed by atoms with Gasteiger partial charge in [0.25, 0.3) is 0 Å². The molecule has 1 unspecified atom stereocenters. The fraction of sp³-hybridized carbons (Fsp3) is 0.520. The van der Waals surface area contributed by atoms with Crippen LogP contribution in [0.5, 0.6) is 11.5 Å². The number of benzene rings is 1. The lowest BCUT2D eigenvalue weighted by atomic mass is 9.96. The summed E-state index contributed by atoms with van der Waals surface area (Å²) >= 11 is 0. The van der Waals surface area contributed by atoms with Gasteiger partial charge in [-0.2, -0.15) is 4.31 Å². The number of aromatic nitrogens is 1. The lowest BCUT2D eigenvalue weighted by Gasteiger charge is -2.31. The Morgan fingerprint density at radius 1 is 1.12 bits per heavy atom. The Balaban J connectivity index is 1.59. The van der Waals surface area contributed by atoms with E-state index in [2.05, 4.69) is 17.2 Å². The van der Waals surface area contributed by atoms with Gasteiger partial charge >= 0.3 is 0 Å². The first kappa shape index (κ1) is 26.0. The lowest BCUT2D eigenvalue weighted by molar-refractivity contribution is -0.126. The first-order valence-electron chi connectivity index (χ1n) is 12.0. The number of ether oxygens (including phenoxy) is 2. The third-order valence-electron chi connectivity index (χ3n) is 5.85. The van der Waals surface area contributed by atoms with Crippen molar-refractivity contribution < 1.29 is 22.7 Å². The Morgan fingerprint density at radius 3 is 2.41 bits per heavy atom. The van der Waals surface area contributed by atoms with Crippen molar-refractivity contribution in [3.05, 3.63) is 48.3 Å². The van der Waals surface area contributed by atoms with Crippen LogP contribution in [0.1, 0.15) is 58.1 Å². The van der Waals surface area contributed by atoms with Gasteiger partial charge in [0.05, 0.1) is 19.3 Å². The molecule has 0 aliphatic carbocycles. The number of hydrogen-bond acceptors (Lipinski definition) is 6. The average Bonchev–Trinajstić information content (AvgIpc) is 2.86. The Labute approximate surface area is 202 Å².